The number of hydrogen-bond acceptors (Lipinski definition) is 3. The van der Waals surface area contributed by atoms with Crippen molar-refractivity contribution in [3.8, 4) is 0 Å². The number of carbonyl (C=O) groups is 2. The standard InChI is InChI=1S/C13H17NO3/c1-10-6-4-5-7-11(10)14(2)12(15)8-9-13(16)17-3/h4-7H,8-9H2,1-3H3. The van der Waals surface area contributed by atoms with Crippen molar-refractivity contribution in [3.05, 3.63) is 29.8 Å². The van der Waals surface area contributed by atoms with Crippen molar-refractivity contribution in [1.29, 1.82) is 0 Å². The molecule has 0 unspecified atom stereocenters. The fourth-order valence-corrected chi connectivity index (χ4v) is 1.55. The lowest BCUT2D eigenvalue weighted by Gasteiger charge is -2.19. The Morgan fingerprint density at radius 2 is 1.88 bits per heavy atom. The van der Waals surface area contributed by atoms with Gasteiger partial charge in [0.05, 0.1) is 13.5 Å². The van der Waals surface area contributed by atoms with Crippen molar-refractivity contribution in [3.63, 3.8) is 0 Å². The minimum Gasteiger partial charge on any atom is -0.469 e. The zero-order valence-electron chi connectivity index (χ0n) is 10.4. The number of benzene rings is 1. The first-order chi connectivity index (χ1) is 8.06. The first kappa shape index (κ1) is 13.2. The third-order valence-electron chi connectivity index (χ3n) is 2.62. The van der Waals surface area contributed by atoms with E-state index in [1.165, 1.54) is 7.11 Å². The van der Waals surface area contributed by atoms with Crippen LogP contribution in [0.15, 0.2) is 24.3 Å². The molecule has 0 aliphatic heterocycles. The maximum atomic E-state index is 11.8. The third-order valence-corrected chi connectivity index (χ3v) is 2.62. The highest BCUT2D eigenvalue weighted by Gasteiger charge is 2.14. The van der Waals surface area contributed by atoms with Gasteiger partial charge in [-0.15, -0.1) is 0 Å². The predicted molar refractivity (Wildman–Crippen MR) is 65.8 cm³/mol. The summed E-state index contributed by atoms with van der Waals surface area (Å²) in [6.07, 6.45) is 0.281. The number of aryl methyl sites for hydroxylation is 1. The largest absolute Gasteiger partial charge is 0.469 e. The van der Waals surface area contributed by atoms with Crippen molar-refractivity contribution in [2.75, 3.05) is 19.1 Å². The SMILES string of the molecule is COC(=O)CCC(=O)N(C)c1ccccc1C. The Hall–Kier alpha value is -1.84. The molecule has 0 aliphatic rings. The van der Waals surface area contributed by atoms with Crippen LogP contribution in [0.5, 0.6) is 0 Å². The lowest BCUT2D eigenvalue weighted by Crippen LogP contribution is -2.27. The highest BCUT2D eigenvalue weighted by molar-refractivity contribution is 5.95. The minimum absolute atomic E-state index is 0.0929. The molecule has 1 amide bonds. The summed E-state index contributed by atoms with van der Waals surface area (Å²) >= 11 is 0. The molecule has 4 nitrogen and oxygen atoms in total. The Balaban J connectivity index is 2.64. The number of methoxy groups -OCH3 is 1. The molecule has 0 aliphatic carbocycles. The summed E-state index contributed by atoms with van der Waals surface area (Å²) in [7, 11) is 3.03. The Kier molecular flexibility index (Phi) is 4.69. The number of carbonyl (C=O) groups excluding carboxylic acids is 2. The second-order valence-corrected chi connectivity index (χ2v) is 3.82. The topological polar surface area (TPSA) is 46.6 Å². The molecule has 0 saturated carbocycles. The maximum Gasteiger partial charge on any atom is 0.306 e. The summed E-state index contributed by atoms with van der Waals surface area (Å²) in [6, 6.07) is 7.63. The summed E-state index contributed by atoms with van der Waals surface area (Å²) in [5, 5.41) is 0. The van der Waals surface area contributed by atoms with E-state index >= 15 is 0 Å². The summed E-state index contributed by atoms with van der Waals surface area (Å²) in [6.45, 7) is 1.94. The highest BCUT2D eigenvalue weighted by Crippen LogP contribution is 2.18. The summed E-state index contributed by atoms with van der Waals surface area (Å²) < 4.78 is 4.50. The first-order valence-corrected chi connectivity index (χ1v) is 5.45. The fraction of sp³-hybridized carbons (Fsp3) is 0.385. The van der Waals surface area contributed by atoms with Gasteiger partial charge in [0.2, 0.25) is 5.91 Å². The molecule has 1 aromatic carbocycles. The van der Waals surface area contributed by atoms with Gasteiger partial charge in [0.25, 0.3) is 0 Å². The van der Waals surface area contributed by atoms with Gasteiger partial charge in [0.1, 0.15) is 0 Å². The number of nitrogens with zero attached hydrogens (tertiary/aromatic N) is 1. The van der Waals surface area contributed by atoms with Crippen LogP contribution in [0.3, 0.4) is 0 Å². The lowest BCUT2D eigenvalue weighted by atomic mass is 10.1. The molecule has 0 N–H and O–H groups in total. The average Bonchev–Trinajstić information content (AvgIpc) is 2.35. The van der Waals surface area contributed by atoms with Crippen LogP contribution in [0.4, 0.5) is 5.69 Å². The first-order valence-electron chi connectivity index (χ1n) is 5.45. The van der Waals surface area contributed by atoms with Crippen molar-refractivity contribution < 1.29 is 14.3 Å². The molecule has 0 radical (unpaired) electrons. The van der Waals surface area contributed by atoms with Gasteiger partial charge in [-0.1, -0.05) is 18.2 Å². The lowest BCUT2D eigenvalue weighted by molar-refractivity contribution is -0.141. The molecule has 0 saturated heterocycles. The summed E-state index contributed by atoms with van der Waals surface area (Å²) in [4.78, 5) is 24.4. The third kappa shape index (κ3) is 3.59. The van der Waals surface area contributed by atoms with Crippen LogP contribution in [0.1, 0.15) is 18.4 Å². The normalized spacial score (nSPS) is 9.82. The molecule has 0 aromatic heterocycles. The van der Waals surface area contributed by atoms with E-state index in [0.29, 0.717) is 0 Å². The number of rotatable bonds is 4. The Morgan fingerprint density at radius 3 is 2.47 bits per heavy atom. The van der Waals surface area contributed by atoms with Gasteiger partial charge in [-0.25, -0.2) is 0 Å². The quantitative estimate of drug-likeness (QED) is 0.749. The van der Waals surface area contributed by atoms with E-state index in [4.69, 9.17) is 0 Å². The molecule has 0 heterocycles. The van der Waals surface area contributed by atoms with E-state index in [9.17, 15) is 9.59 Å². The van der Waals surface area contributed by atoms with E-state index in [2.05, 4.69) is 4.74 Å². The molecule has 17 heavy (non-hydrogen) atoms. The van der Waals surface area contributed by atoms with E-state index in [0.717, 1.165) is 11.3 Å². The summed E-state index contributed by atoms with van der Waals surface area (Å²) in [5.41, 5.74) is 1.89. The van der Waals surface area contributed by atoms with E-state index in [-0.39, 0.29) is 24.7 Å². The van der Waals surface area contributed by atoms with Gasteiger partial charge in [0, 0.05) is 19.2 Å². The highest BCUT2D eigenvalue weighted by atomic mass is 16.5. The number of amides is 1. The minimum atomic E-state index is -0.364. The molecular weight excluding hydrogens is 218 g/mol. The van der Waals surface area contributed by atoms with Crippen LogP contribution >= 0.6 is 0 Å². The molecule has 1 aromatic rings. The summed E-state index contributed by atoms with van der Waals surface area (Å²) in [5.74, 6) is -0.457. The molecule has 1 rings (SSSR count). The second kappa shape index (κ2) is 6.03. The average molecular weight is 235 g/mol. The van der Waals surface area contributed by atoms with Crippen molar-refractivity contribution in [2.24, 2.45) is 0 Å². The Morgan fingerprint density at radius 1 is 1.24 bits per heavy atom. The number of ether oxygens (including phenoxy) is 1. The van der Waals surface area contributed by atoms with Gasteiger partial charge in [-0.2, -0.15) is 0 Å². The second-order valence-electron chi connectivity index (χ2n) is 3.82. The van der Waals surface area contributed by atoms with Crippen molar-refractivity contribution >= 4 is 17.6 Å². The van der Waals surface area contributed by atoms with Gasteiger partial charge in [-0.3, -0.25) is 9.59 Å². The number of hydrogen-bond donors (Lipinski definition) is 0. The van der Waals surface area contributed by atoms with Crippen LogP contribution in [-0.4, -0.2) is 26.0 Å². The smallest absolute Gasteiger partial charge is 0.306 e. The van der Waals surface area contributed by atoms with Crippen LogP contribution in [-0.2, 0) is 14.3 Å². The zero-order chi connectivity index (χ0) is 12.8. The monoisotopic (exact) mass is 235 g/mol. The molecule has 0 bridgehead atoms. The zero-order valence-corrected chi connectivity index (χ0v) is 10.4. The van der Waals surface area contributed by atoms with Gasteiger partial charge in [-0.05, 0) is 18.6 Å². The predicted octanol–water partition coefficient (Wildman–Crippen LogP) is 1.91. The van der Waals surface area contributed by atoms with Crippen LogP contribution < -0.4 is 4.90 Å². The molecule has 4 heteroatoms. The fourth-order valence-electron chi connectivity index (χ4n) is 1.55. The van der Waals surface area contributed by atoms with E-state index < -0.39 is 0 Å². The number of anilines is 1. The van der Waals surface area contributed by atoms with Gasteiger partial charge >= 0.3 is 5.97 Å². The van der Waals surface area contributed by atoms with Gasteiger partial charge in [0.15, 0.2) is 0 Å². The van der Waals surface area contributed by atoms with Crippen LogP contribution in [0, 0.1) is 6.92 Å². The molecule has 0 spiro atoms. The van der Waals surface area contributed by atoms with E-state index in [1.807, 2.05) is 31.2 Å². The Bertz CT molecular complexity index is 415. The molecular formula is C13H17NO3. The molecule has 0 atom stereocenters. The van der Waals surface area contributed by atoms with Crippen LogP contribution in [0.25, 0.3) is 0 Å². The Labute approximate surface area is 101 Å². The number of esters is 1. The molecule has 92 valence electrons. The van der Waals surface area contributed by atoms with Crippen molar-refractivity contribution in [2.45, 2.75) is 19.8 Å². The van der Waals surface area contributed by atoms with Gasteiger partial charge < -0.3 is 9.64 Å². The van der Waals surface area contributed by atoms with Crippen LogP contribution in [0.2, 0.25) is 0 Å². The molecule has 0 fully saturated rings. The van der Waals surface area contributed by atoms with Crippen molar-refractivity contribution in [1.82, 2.24) is 0 Å². The van der Waals surface area contributed by atoms with E-state index in [1.54, 1.807) is 11.9 Å². The maximum absolute atomic E-state index is 11.8. The number of para-hydroxylation sites is 1.